The second-order valence-electron chi connectivity index (χ2n) is 14.9. The van der Waals surface area contributed by atoms with Crippen molar-refractivity contribution in [1.82, 2.24) is 0 Å². The van der Waals surface area contributed by atoms with Crippen LogP contribution in [0.1, 0.15) is 103 Å². The fourth-order valence-electron chi connectivity index (χ4n) is 6.02. The molecule has 2 aliphatic rings. The van der Waals surface area contributed by atoms with Crippen molar-refractivity contribution >= 4 is 92.2 Å². The van der Waals surface area contributed by atoms with Crippen LogP contribution in [0.2, 0.25) is 0 Å². The van der Waals surface area contributed by atoms with Crippen LogP contribution in [0, 0.1) is 0 Å². The van der Waals surface area contributed by atoms with Gasteiger partial charge in [0.05, 0.1) is 22.3 Å². The molecule has 6 aromatic rings. The van der Waals surface area contributed by atoms with Gasteiger partial charge in [0, 0.05) is 29.9 Å². The monoisotopic (exact) mass is 960 g/mol. The summed E-state index contributed by atoms with van der Waals surface area (Å²) in [5, 5.41) is 11.5. The topological polar surface area (TPSA) is 136 Å². The van der Waals surface area contributed by atoms with Crippen molar-refractivity contribution in [2.45, 2.75) is 74.5 Å². The quantitative estimate of drug-likeness (QED) is 0.0493. The van der Waals surface area contributed by atoms with Gasteiger partial charge in [-0.25, -0.2) is 19.2 Å². The number of benzene rings is 6. The third-order valence-corrected chi connectivity index (χ3v) is 11.0. The van der Waals surface area contributed by atoms with Gasteiger partial charge in [-0.15, -0.1) is 12.6 Å². The Hall–Kier alpha value is -2.00. The molecular formula is C46H43BrK2O9S2. The van der Waals surface area contributed by atoms with E-state index < -0.39 is 23.9 Å². The molecule has 0 fully saturated rings. The molecule has 0 radical (unpaired) electrons. The maximum absolute atomic E-state index is 12.0. The van der Waals surface area contributed by atoms with Crippen molar-refractivity contribution in [1.29, 1.82) is 0 Å². The van der Waals surface area contributed by atoms with Crippen molar-refractivity contribution < 1.29 is 148 Å². The molecule has 14 heteroatoms. The molecule has 0 bridgehead atoms. The van der Waals surface area contributed by atoms with E-state index in [1.165, 1.54) is 11.1 Å². The molecule has 2 aliphatic heterocycles. The van der Waals surface area contributed by atoms with Crippen LogP contribution < -0.4 is 108 Å². The van der Waals surface area contributed by atoms with Gasteiger partial charge in [0.15, 0.2) is 0 Å². The van der Waals surface area contributed by atoms with E-state index in [0.717, 1.165) is 29.9 Å². The van der Waals surface area contributed by atoms with Gasteiger partial charge in [-0.2, -0.15) is 0 Å². The van der Waals surface area contributed by atoms with E-state index >= 15 is 0 Å². The fourth-order valence-corrected chi connectivity index (χ4v) is 7.57. The summed E-state index contributed by atoms with van der Waals surface area (Å²) in [6, 6.07) is 34.7. The van der Waals surface area contributed by atoms with Gasteiger partial charge >= 0.3 is 127 Å². The zero-order valence-corrected chi connectivity index (χ0v) is 43.4. The summed E-state index contributed by atoms with van der Waals surface area (Å²) in [7, 11) is 0. The molecule has 2 heterocycles. The van der Waals surface area contributed by atoms with Gasteiger partial charge in [0.1, 0.15) is 0 Å². The number of rotatable bonds is 3. The van der Waals surface area contributed by atoms with Crippen LogP contribution in [-0.4, -0.2) is 30.3 Å². The van der Waals surface area contributed by atoms with Gasteiger partial charge < -0.3 is 21.0 Å². The number of carbonyl (C=O) groups excluding carboxylic acids is 5. The number of ether oxygens (including phenoxy) is 2. The first-order valence-corrected chi connectivity index (χ1v) is 19.6. The van der Waals surface area contributed by atoms with Crippen LogP contribution in [-0.2, 0) is 30.0 Å². The minimum absolute atomic E-state index is 0. The Labute approximate surface area is 454 Å². The van der Waals surface area contributed by atoms with Crippen molar-refractivity contribution in [2.24, 2.45) is 0 Å². The van der Waals surface area contributed by atoms with Gasteiger partial charge in [-0.3, -0.25) is 4.79 Å². The average Bonchev–Trinajstić information content (AvgIpc) is 3.17. The van der Waals surface area contributed by atoms with Gasteiger partial charge in [-0.1, -0.05) is 125 Å². The number of hydrogen-bond donors (Lipinski definition) is 1. The Kier molecular flexibility index (Phi) is 21.3. The zero-order valence-electron chi connectivity index (χ0n) is 34.9. The van der Waals surface area contributed by atoms with Crippen LogP contribution in [0.25, 0.3) is 21.5 Å². The summed E-state index contributed by atoms with van der Waals surface area (Å²) in [4.78, 5) is 61.5. The molecule has 0 saturated heterocycles. The Balaban J connectivity index is 0.000000458. The van der Waals surface area contributed by atoms with Crippen LogP contribution in [0.5, 0.6) is 0 Å². The molecule has 0 N–H and O–H groups in total. The Bertz CT molecular complexity index is 2480. The normalized spacial score (nSPS) is 12.2. The maximum atomic E-state index is 12.0. The summed E-state index contributed by atoms with van der Waals surface area (Å²) in [5.41, 5.74) is 4.78. The largest absolute Gasteiger partial charge is 1.00 e. The van der Waals surface area contributed by atoms with Crippen molar-refractivity contribution in [3.63, 3.8) is 0 Å². The molecule has 0 aromatic heterocycles. The van der Waals surface area contributed by atoms with Crippen LogP contribution in [0.3, 0.4) is 0 Å². The summed E-state index contributed by atoms with van der Waals surface area (Å²) < 4.78 is 10.3. The molecule has 60 heavy (non-hydrogen) atoms. The molecule has 6 aromatic carbocycles. The third kappa shape index (κ3) is 13.3. The first-order valence-electron chi connectivity index (χ1n) is 17.5. The van der Waals surface area contributed by atoms with Crippen LogP contribution >= 0.6 is 40.3 Å². The smallest absolute Gasteiger partial charge is 1.00 e. The molecule has 0 amide bonds. The SMILES string of the molecule is C.CC(C)(C)c1ccc(S)cc1.CC(C)(C)c1ccc(Sc2ccc3c4c(cccc24)C(=O)OC3=O)cc1.O=C1OC(=O)c2ccc(Br)c3cccc1c23.O=CO[O-].[H-].[K+].[K+]. The summed E-state index contributed by atoms with van der Waals surface area (Å²) >= 11 is 9.25. The van der Waals surface area contributed by atoms with E-state index in [2.05, 4.69) is 116 Å². The second kappa shape index (κ2) is 23.6. The predicted octanol–water partition coefficient (Wildman–Crippen LogP) is 4.98. The number of cyclic esters (lactones) is 4. The van der Waals surface area contributed by atoms with Crippen molar-refractivity contribution in [3.8, 4) is 0 Å². The van der Waals surface area contributed by atoms with Gasteiger partial charge in [0.25, 0.3) is 6.47 Å². The molecule has 302 valence electrons. The van der Waals surface area contributed by atoms with Crippen LogP contribution in [0.15, 0.2) is 128 Å². The number of hydrogen-bond acceptors (Lipinski definition) is 11. The average molecular weight is 962 g/mol. The van der Waals surface area contributed by atoms with Crippen LogP contribution in [0.4, 0.5) is 0 Å². The van der Waals surface area contributed by atoms with E-state index in [0.29, 0.717) is 33.0 Å². The molecule has 0 aliphatic carbocycles. The number of esters is 4. The molecule has 0 spiro atoms. The second-order valence-corrected chi connectivity index (χ2v) is 17.4. The summed E-state index contributed by atoms with van der Waals surface area (Å²) in [6.07, 6.45) is 0. The third-order valence-electron chi connectivity index (χ3n) is 8.96. The van der Waals surface area contributed by atoms with E-state index in [9.17, 15) is 19.2 Å². The van der Waals surface area contributed by atoms with E-state index in [4.69, 9.17) is 14.8 Å². The molecule has 8 rings (SSSR count). The predicted molar refractivity (Wildman–Crippen MR) is 232 cm³/mol. The first-order chi connectivity index (χ1) is 26.9. The fraction of sp³-hybridized carbons (Fsp3) is 0.196. The zero-order chi connectivity index (χ0) is 41.7. The summed E-state index contributed by atoms with van der Waals surface area (Å²) in [5.74, 6) is -2.32. The Morgan fingerprint density at radius 2 is 1.00 bits per heavy atom. The molecule has 9 nitrogen and oxygen atoms in total. The van der Waals surface area contributed by atoms with Gasteiger partial charge in [0.2, 0.25) is 0 Å². The first kappa shape index (κ1) is 54.1. The van der Waals surface area contributed by atoms with E-state index in [-0.39, 0.29) is 129 Å². The standard InChI is InChI=1S/C22H18O3S.C12H5BrO3.C10H14S.CH2O3.CH4.2K.H/c1-22(2,3)13-7-9-14(10-8-13)26-18-12-11-17-19-15(18)5-4-6-16(19)20(23)25-21(17)24;13-9-5-4-8-10-6(9)2-1-3-7(10)11(14)16-12(8)15;1-10(2,3)8-4-6-9(11)7-5-8;2-1-4-3;;;;/h4-12H,1-3H3;1-5H;4-7,11H,1-3H3;1,3H;1H4;;;/q;;;;;2*+1;-1/p-1. The Morgan fingerprint density at radius 3 is 1.43 bits per heavy atom. The minimum Gasteiger partial charge on any atom is -1.00 e. The van der Waals surface area contributed by atoms with E-state index in [1.807, 2.05) is 36.4 Å². The molecule has 0 unspecified atom stereocenters. The maximum Gasteiger partial charge on any atom is 1.00 e. The number of carbonyl (C=O) groups is 5. The molecule has 0 saturated carbocycles. The Morgan fingerprint density at radius 1 is 0.617 bits per heavy atom. The number of thiol groups is 1. The van der Waals surface area contributed by atoms with Crippen molar-refractivity contribution in [3.05, 3.63) is 147 Å². The van der Waals surface area contributed by atoms with Gasteiger partial charge in [-0.05, 0) is 93.4 Å². The minimum atomic E-state index is -0.582. The summed E-state index contributed by atoms with van der Waals surface area (Å²) in [6.45, 7) is 13.0. The molecule has 0 atom stereocenters. The molecular weight excluding hydrogens is 919 g/mol. The van der Waals surface area contributed by atoms with E-state index in [1.54, 1.807) is 48.2 Å². The number of halogens is 1. The van der Waals surface area contributed by atoms with Crippen molar-refractivity contribution in [2.75, 3.05) is 0 Å².